The Bertz CT molecular complexity index is 758. The van der Waals surface area contributed by atoms with Gasteiger partial charge in [-0.1, -0.05) is 11.6 Å². The van der Waals surface area contributed by atoms with Crippen LogP contribution in [0.1, 0.15) is 51.4 Å². The Morgan fingerprint density at radius 3 is 2.87 bits per heavy atom. The highest BCUT2D eigenvalue weighted by Crippen LogP contribution is 2.42. The topological polar surface area (TPSA) is 81.2 Å². The molecule has 1 fully saturated rings. The predicted octanol–water partition coefficient (Wildman–Crippen LogP) is 3.50. The third-order valence-electron chi connectivity index (χ3n) is 3.39. The largest absolute Gasteiger partial charge is 0.461 e. The molecule has 1 aliphatic rings. The molecule has 0 unspecified atom stereocenters. The molecule has 2 aromatic heterocycles. The third kappa shape index (κ3) is 3.51. The molecule has 0 radical (unpaired) electrons. The van der Waals surface area contributed by atoms with E-state index in [0.29, 0.717) is 16.5 Å². The number of carbonyl (C=O) groups excluding carboxylic acids is 2. The van der Waals surface area contributed by atoms with Gasteiger partial charge >= 0.3 is 5.97 Å². The molecule has 6 nitrogen and oxygen atoms in total. The number of carbonyl (C=O) groups is 2. The maximum atomic E-state index is 12.4. The SMILES string of the molecule is CCOC(=O)c1ncc(NC(=O)c2sncc2C2CC2)cc1Cl. The highest BCUT2D eigenvalue weighted by atomic mass is 35.5. The second kappa shape index (κ2) is 6.64. The van der Waals surface area contributed by atoms with Gasteiger partial charge in [-0.2, -0.15) is 0 Å². The zero-order valence-electron chi connectivity index (χ0n) is 12.3. The number of pyridine rings is 1. The molecule has 23 heavy (non-hydrogen) atoms. The molecule has 0 atom stereocenters. The maximum absolute atomic E-state index is 12.4. The first-order valence-electron chi connectivity index (χ1n) is 7.18. The molecule has 120 valence electrons. The summed E-state index contributed by atoms with van der Waals surface area (Å²) in [6.45, 7) is 1.94. The van der Waals surface area contributed by atoms with Crippen molar-refractivity contribution in [2.75, 3.05) is 11.9 Å². The molecule has 0 spiro atoms. The predicted molar refractivity (Wildman–Crippen MR) is 87.2 cm³/mol. The number of nitrogens with one attached hydrogen (secondary N) is 1. The fourth-order valence-corrected chi connectivity index (χ4v) is 3.12. The van der Waals surface area contributed by atoms with Crippen molar-refractivity contribution in [3.63, 3.8) is 0 Å². The van der Waals surface area contributed by atoms with E-state index in [9.17, 15) is 9.59 Å². The van der Waals surface area contributed by atoms with Crippen molar-refractivity contribution in [1.82, 2.24) is 9.36 Å². The number of aromatic nitrogens is 2. The molecule has 1 amide bonds. The van der Waals surface area contributed by atoms with E-state index in [0.717, 1.165) is 18.4 Å². The van der Waals surface area contributed by atoms with Gasteiger partial charge < -0.3 is 10.1 Å². The normalized spacial score (nSPS) is 13.7. The Balaban J connectivity index is 1.75. The minimum atomic E-state index is -0.589. The second-order valence-corrected chi connectivity index (χ2v) is 6.32. The van der Waals surface area contributed by atoms with Gasteiger partial charge in [-0.3, -0.25) is 4.79 Å². The van der Waals surface area contributed by atoms with Gasteiger partial charge in [0.1, 0.15) is 4.88 Å². The van der Waals surface area contributed by atoms with Gasteiger partial charge in [0.15, 0.2) is 5.69 Å². The standard InChI is InChI=1S/C15H14ClN3O3S/c1-2-22-15(21)12-11(16)5-9(6-17-12)19-14(20)13-10(7-18-23-13)8-3-4-8/h5-8H,2-4H2,1H3,(H,19,20). The van der Waals surface area contributed by atoms with E-state index < -0.39 is 5.97 Å². The number of nitrogens with zero attached hydrogens (tertiary/aromatic N) is 2. The van der Waals surface area contributed by atoms with Crippen molar-refractivity contribution in [1.29, 1.82) is 0 Å². The Morgan fingerprint density at radius 1 is 1.43 bits per heavy atom. The first-order valence-corrected chi connectivity index (χ1v) is 8.34. The maximum Gasteiger partial charge on any atom is 0.358 e. The summed E-state index contributed by atoms with van der Waals surface area (Å²) < 4.78 is 8.96. The summed E-state index contributed by atoms with van der Waals surface area (Å²) in [5, 5.41) is 2.87. The first-order chi connectivity index (χ1) is 11.1. The van der Waals surface area contributed by atoms with Crippen molar-refractivity contribution in [3.8, 4) is 0 Å². The minimum absolute atomic E-state index is 0.0305. The molecule has 1 N–H and O–H groups in total. The van der Waals surface area contributed by atoms with Crippen molar-refractivity contribution in [2.45, 2.75) is 25.7 Å². The Kier molecular flexibility index (Phi) is 4.58. The lowest BCUT2D eigenvalue weighted by molar-refractivity contribution is 0.0519. The lowest BCUT2D eigenvalue weighted by atomic mass is 10.2. The highest BCUT2D eigenvalue weighted by Gasteiger charge is 2.30. The molecule has 0 bridgehead atoms. The number of esters is 1. The summed E-state index contributed by atoms with van der Waals surface area (Å²) in [5.41, 5.74) is 1.45. The number of hydrogen-bond donors (Lipinski definition) is 1. The number of amides is 1. The van der Waals surface area contributed by atoms with E-state index in [2.05, 4.69) is 14.7 Å². The number of rotatable bonds is 5. The number of anilines is 1. The summed E-state index contributed by atoms with van der Waals surface area (Å²) in [7, 11) is 0. The van der Waals surface area contributed by atoms with E-state index >= 15 is 0 Å². The Hall–Kier alpha value is -1.99. The Labute approximate surface area is 142 Å². The third-order valence-corrected chi connectivity index (χ3v) is 4.49. The van der Waals surface area contributed by atoms with E-state index in [1.807, 2.05) is 0 Å². The van der Waals surface area contributed by atoms with Crippen LogP contribution in [0, 0.1) is 0 Å². The van der Waals surface area contributed by atoms with Crippen molar-refractivity contribution in [3.05, 3.63) is 39.6 Å². The molecule has 1 saturated carbocycles. The molecule has 2 aromatic rings. The second-order valence-electron chi connectivity index (χ2n) is 5.11. The average molecular weight is 352 g/mol. The van der Waals surface area contributed by atoms with Crippen LogP contribution in [0.5, 0.6) is 0 Å². The summed E-state index contributed by atoms with van der Waals surface area (Å²) in [6.07, 6.45) is 5.33. The molecule has 0 aromatic carbocycles. The Morgan fingerprint density at radius 2 is 2.22 bits per heavy atom. The van der Waals surface area contributed by atoms with Crippen LogP contribution in [0.15, 0.2) is 18.5 Å². The van der Waals surface area contributed by atoms with Crippen LogP contribution in [0.4, 0.5) is 5.69 Å². The molecular weight excluding hydrogens is 338 g/mol. The molecular formula is C15H14ClN3O3S. The summed E-state index contributed by atoms with van der Waals surface area (Å²) in [4.78, 5) is 28.6. The average Bonchev–Trinajstić information content (AvgIpc) is 3.24. The summed E-state index contributed by atoms with van der Waals surface area (Å²) in [6, 6.07) is 1.48. The van der Waals surface area contributed by atoms with Crippen LogP contribution in [-0.2, 0) is 4.74 Å². The van der Waals surface area contributed by atoms with Crippen LogP contribution in [0.25, 0.3) is 0 Å². The van der Waals surface area contributed by atoms with E-state index in [-0.39, 0.29) is 23.2 Å². The quantitative estimate of drug-likeness (QED) is 0.834. The lowest BCUT2D eigenvalue weighted by Gasteiger charge is -2.07. The molecule has 1 aliphatic carbocycles. The fourth-order valence-electron chi connectivity index (χ4n) is 2.15. The molecule has 3 rings (SSSR count). The van der Waals surface area contributed by atoms with Crippen LogP contribution in [0.3, 0.4) is 0 Å². The molecule has 8 heteroatoms. The smallest absolute Gasteiger partial charge is 0.358 e. The molecule has 2 heterocycles. The van der Waals surface area contributed by atoms with Gasteiger partial charge in [0.05, 0.1) is 23.5 Å². The monoisotopic (exact) mass is 351 g/mol. The van der Waals surface area contributed by atoms with Crippen LogP contribution in [0.2, 0.25) is 5.02 Å². The number of ether oxygens (including phenoxy) is 1. The van der Waals surface area contributed by atoms with Gasteiger partial charge in [0.2, 0.25) is 0 Å². The van der Waals surface area contributed by atoms with E-state index in [1.54, 1.807) is 13.1 Å². The fraction of sp³-hybridized carbons (Fsp3) is 0.333. The number of hydrogen-bond acceptors (Lipinski definition) is 6. The minimum Gasteiger partial charge on any atom is -0.461 e. The van der Waals surface area contributed by atoms with Crippen LogP contribution >= 0.6 is 23.1 Å². The summed E-state index contributed by atoms with van der Waals surface area (Å²) in [5.74, 6) is -0.382. The van der Waals surface area contributed by atoms with Crippen molar-refractivity contribution < 1.29 is 14.3 Å². The van der Waals surface area contributed by atoms with Gasteiger partial charge in [-0.25, -0.2) is 14.2 Å². The van der Waals surface area contributed by atoms with Gasteiger partial charge in [0.25, 0.3) is 5.91 Å². The van der Waals surface area contributed by atoms with Gasteiger partial charge in [0, 0.05) is 6.20 Å². The van der Waals surface area contributed by atoms with Crippen LogP contribution < -0.4 is 5.32 Å². The zero-order valence-corrected chi connectivity index (χ0v) is 13.9. The molecule has 0 aliphatic heterocycles. The number of halogens is 1. The van der Waals surface area contributed by atoms with Gasteiger partial charge in [-0.15, -0.1) is 0 Å². The first kappa shape index (κ1) is 15.9. The lowest BCUT2D eigenvalue weighted by Crippen LogP contribution is -2.13. The van der Waals surface area contributed by atoms with Crippen molar-refractivity contribution in [2.24, 2.45) is 0 Å². The van der Waals surface area contributed by atoms with E-state index in [4.69, 9.17) is 16.3 Å². The van der Waals surface area contributed by atoms with Gasteiger partial charge in [-0.05, 0) is 48.8 Å². The highest BCUT2D eigenvalue weighted by molar-refractivity contribution is 7.08. The molecule has 0 saturated heterocycles. The van der Waals surface area contributed by atoms with Crippen LogP contribution in [-0.4, -0.2) is 27.8 Å². The zero-order chi connectivity index (χ0) is 16.4. The van der Waals surface area contributed by atoms with E-state index in [1.165, 1.54) is 23.8 Å². The van der Waals surface area contributed by atoms with Crippen molar-refractivity contribution >= 4 is 40.7 Å². The summed E-state index contributed by atoms with van der Waals surface area (Å²) >= 11 is 7.21.